The summed E-state index contributed by atoms with van der Waals surface area (Å²) < 4.78 is 38.1. The van der Waals surface area contributed by atoms with Crippen LogP contribution in [0.4, 0.5) is 18.9 Å². The number of anilines is 1. The van der Waals surface area contributed by atoms with Gasteiger partial charge in [-0.2, -0.15) is 13.2 Å². The highest BCUT2D eigenvalue weighted by atomic mass is 35.5. The van der Waals surface area contributed by atoms with Gasteiger partial charge >= 0.3 is 6.18 Å². The van der Waals surface area contributed by atoms with Crippen LogP contribution in [0, 0.1) is 0 Å². The summed E-state index contributed by atoms with van der Waals surface area (Å²) in [7, 11) is 0. The van der Waals surface area contributed by atoms with Gasteiger partial charge in [0.1, 0.15) is 6.54 Å². The third-order valence-electron chi connectivity index (χ3n) is 2.61. The average Bonchev–Trinajstić information content (AvgIpc) is 2.31. The monoisotopic (exact) mass is 292 g/mol. The van der Waals surface area contributed by atoms with Crippen LogP contribution in [0.3, 0.4) is 0 Å². The van der Waals surface area contributed by atoms with E-state index in [0.717, 1.165) is 17.0 Å². The molecule has 0 aliphatic carbocycles. The molecule has 0 bridgehead atoms. The lowest BCUT2D eigenvalue weighted by atomic mass is 10.1. The number of rotatable bonds is 1. The second kappa shape index (κ2) is 4.73. The van der Waals surface area contributed by atoms with Crippen molar-refractivity contribution in [1.82, 2.24) is 5.32 Å². The topological polar surface area (TPSA) is 49.4 Å². The number of hydrogen-bond donors (Lipinski definition) is 1. The maximum Gasteiger partial charge on any atom is 0.417 e. The van der Waals surface area contributed by atoms with E-state index >= 15 is 0 Å². The summed E-state index contributed by atoms with van der Waals surface area (Å²) in [5.41, 5.74) is -1.04. The van der Waals surface area contributed by atoms with Gasteiger partial charge < -0.3 is 10.2 Å². The normalized spacial score (nSPS) is 16.5. The molecule has 1 heterocycles. The van der Waals surface area contributed by atoms with Gasteiger partial charge in [-0.25, -0.2) is 0 Å². The summed E-state index contributed by atoms with van der Waals surface area (Å²) in [6, 6.07) is 3.09. The molecular formula is C11H8ClF3N2O2. The van der Waals surface area contributed by atoms with Gasteiger partial charge in [0.15, 0.2) is 0 Å². The molecule has 0 spiro atoms. The second-order valence-corrected chi connectivity index (χ2v) is 4.33. The van der Waals surface area contributed by atoms with Crippen molar-refractivity contribution in [1.29, 1.82) is 0 Å². The Morgan fingerprint density at radius 3 is 2.58 bits per heavy atom. The fourth-order valence-electron chi connectivity index (χ4n) is 1.69. The van der Waals surface area contributed by atoms with Crippen LogP contribution in [0.2, 0.25) is 5.02 Å². The highest BCUT2D eigenvalue weighted by Gasteiger charge is 2.34. The number of amides is 2. The number of alkyl halides is 3. The van der Waals surface area contributed by atoms with Crippen molar-refractivity contribution in [2.45, 2.75) is 6.18 Å². The number of hydrogen-bond acceptors (Lipinski definition) is 2. The zero-order valence-electron chi connectivity index (χ0n) is 9.42. The van der Waals surface area contributed by atoms with Crippen molar-refractivity contribution >= 4 is 29.1 Å². The quantitative estimate of drug-likeness (QED) is 0.858. The Balaban J connectivity index is 2.40. The van der Waals surface area contributed by atoms with Gasteiger partial charge in [-0.15, -0.1) is 0 Å². The Morgan fingerprint density at radius 1 is 1.26 bits per heavy atom. The maximum absolute atomic E-state index is 12.7. The molecule has 0 aromatic heterocycles. The van der Waals surface area contributed by atoms with Crippen molar-refractivity contribution in [3.63, 3.8) is 0 Å². The average molecular weight is 293 g/mol. The van der Waals surface area contributed by atoms with Crippen molar-refractivity contribution in [2.24, 2.45) is 0 Å². The number of benzene rings is 1. The van der Waals surface area contributed by atoms with Crippen LogP contribution in [0.1, 0.15) is 5.56 Å². The highest BCUT2D eigenvalue weighted by Crippen LogP contribution is 2.37. The number of carbonyl (C=O) groups excluding carboxylic acids is 2. The van der Waals surface area contributed by atoms with Gasteiger partial charge in [-0.05, 0) is 18.2 Å². The summed E-state index contributed by atoms with van der Waals surface area (Å²) in [5, 5.41) is 1.86. The van der Waals surface area contributed by atoms with Crippen LogP contribution in [-0.2, 0) is 15.8 Å². The first kappa shape index (κ1) is 13.7. The molecule has 102 valence electrons. The molecule has 1 aromatic carbocycles. The Hall–Kier alpha value is -1.76. The molecular weight excluding hydrogens is 285 g/mol. The predicted molar refractivity (Wildman–Crippen MR) is 61.8 cm³/mol. The zero-order valence-corrected chi connectivity index (χ0v) is 10.2. The zero-order chi connectivity index (χ0) is 14.2. The van der Waals surface area contributed by atoms with Gasteiger partial charge in [0.2, 0.25) is 11.8 Å². The molecule has 19 heavy (non-hydrogen) atoms. The van der Waals surface area contributed by atoms with Crippen LogP contribution < -0.4 is 10.2 Å². The van der Waals surface area contributed by atoms with Crippen molar-refractivity contribution in [3.05, 3.63) is 28.8 Å². The third kappa shape index (κ3) is 2.81. The van der Waals surface area contributed by atoms with Crippen LogP contribution in [-0.4, -0.2) is 24.9 Å². The maximum atomic E-state index is 12.7. The molecule has 4 nitrogen and oxygen atoms in total. The lowest BCUT2D eigenvalue weighted by molar-refractivity contribution is -0.137. The van der Waals surface area contributed by atoms with E-state index in [9.17, 15) is 22.8 Å². The first-order valence-electron chi connectivity index (χ1n) is 5.23. The molecule has 1 fully saturated rings. The molecule has 0 saturated carbocycles. The Bertz CT molecular complexity index is 545. The SMILES string of the molecule is O=C1CN(c2ccc(Cl)c(C(F)(F)F)c2)C(=O)CN1. The molecule has 8 heteroatoms. The minimum absolute atomic E-state index is 0.00317. The fraction of sp³-hybridized carbons (Fsp3) is 0.273. The van der Waals surface area contributed by atoms with Gasteiger partial charge in [0.05, 0.1) is 17.1 Å². The summed E-state index contributed by atoms with van der Waals surface area (Å²) in [4.78, 5) is 23.8. The number of piperazine rings is 1. The van der Waals surface area contributed by atoms with Crippen molar-refractivity contribution < 1.29 is 22.8 Å². The first-order valence-corrected chi connectivity index (χ1v) is 5.60. The van der Waals surface area contributed by atoms with Gasteiger partial charge in [-0.3, -0.25) is 9.59 Å². The van der Waals surface area contributed by atoms with Crippen LogP contribution in [0.15, 0.2) is 18.2 Å². The summed E-state index contributed by atoms with van der Waals surface area (Å²) in [6.07, 6.45) is -4.62. The van der Waals surface area contributed by atoms with E-state index < -0.39 is 28.6 Å². The van der Waals surface area contributed by atoms with Crippen molar-refractivity contribution in [3.8, 4) is 0 Å². The van der Waals surface area contributed by atoms with Gasteiger partial charge in [-0.1, -0.05) is 11.6 Å². The molecule has 1 aliphatic rings. The lowest BCUT2D eigenvalue weighted by Crippen LogP contribution is -2.51. The number of halogens is 4. The van der Waals surface area contributed by atoms with E-state index in [1.807, 2.05) is 0 Å². The second-order valence-electron chi connectivity index (χ2n) is 3.92. The van der Waals surface area contributed by atoms with E-state index in [1.165, 1.54) is 6.07 Å². The van der Waals surface area contributed by atoms with Crippen LogP contribution in [0.5, 0.6) is 0 Å². The van der Waals surface area contributed by atoms with Gasteiger partial charge in [0.25, 0.3) is 0 Å². The molecule has 1 saturated heterocycles. The van der Waals surface area contributed by atoms with Crippen LogP contribution >= 0.6 is 11.6 Å². The fourth-order valence-corrected chi connectivity index (χ4v) is 1.92. The predicted octanol–water partition coefficient (Wildman–Crippen LogP) is 1.82. The summed E-state index contributed by atoms with van der Waals surface area (Å²) >= 11 is 5.48. The largest absolute Gasteiger partial charge is 0.417 e. The number of nitrogens with one attached hydrogen (secondary N) is 1. The Kier molecular flexibility index (Phi) is 3.40. The summed E-state index contributed by atoms with van der Waals surface area (Å²) in [6.45, 7) is -0.541. The molecule has 0 atom stereocenters. The van der Waals surface area contributed by atoms with Crippen molar-refractivity contribution in [2.75, 3.05) is 18.0 Å². The molecule has 2 rings (SSSR count). The minimum Gasteiger partial charge on any atom is -0.345 e. The molecule has 2 amide bonds. The van der Waals surface area contributed by atoms with E-state index in [0.29, 0.717) is 0 Å². The molecule has 1 aliphatic heterocycles. The third-order valence-corrected chi connectivity index (χ3v) is 2.94. The summed E-state index contributed by atoms with van der Waals surface area (Å²) in [5.74, 6) is -0.904. The first-order chi connectivity index (χ1) is 8.79. The van der Waals surface area contributed by atoms with E-state index in [-0.39, 0.29) is 18.8 Å². The van der Waals surface area contributed by atoms with E-state index in [1.54, 1.807) is 0 Å². The van der Waals surface area contributed by atoms with Crippen LogP contribution in [0.25, 0.3) is 0 Å². The minimum atomic E-state index is -4.62. The molecule has 1 aromatic rings. The lowest BCUT2D eigenvalue weighted by Gasteiger charge is -2.27. The standard InChI is InChI=1S/C11H8ClF3N2O2/c12-8-2-1-6(3-7(8)11(13,14)15)17-5-9(18)16-4-10(17)19/h1-3H,4-5H2,(H,16,18). The van der Waals surface area contributed by atoms with E-state index in [2.05, 4.69) is 5.32 Å². The molecule has 0 radical (unpaired) electrons. The Labute approximate surface area is 111 Å². The molecule has 1 N–H and O–H groups in total. The Morgan fingerprint density at radius 2 is 1.95 bits per heavy atom. The van der Waals surface area contributed by atoms with E-state index in [4.69, 9.17) is 11.6 Å². The number of nitrogens with zero attached hydrogens (tertiary/aromatic N) is 1. The van der Waals surface area contributed by atoms with Gasteiger partial charge in [0, 0.05) is 5.69 Å². The number of carbonyl (C=O) groups is 2. The highest BCUT2D eigenvalue weighted by molar-refractivity contribution is 6.31. The molecule has 0 unspecified atom stereocenters. The smallest absolute Gasteiger partial charge is 0.345 e.